The number of nitro groups is 1. The van der Waals surface area contributed by atoms with Crippen molar-refractivity contribution in [2.45, 2.75) is 0 Å². The maximum absolute atomic E-state index is 12.6. The van der Waals surface area contributed by atoms with Crippen molar-refractivity contribution in [2.24, 2.45) is 0 Å². The third-order valence-corrected chi connectivity index (χ3v) is 5.70. The molecule has 2 aromatic heterocycles. The van der Waals surface area contributed by atoms with Gasteiger partial charge in [0.15, 0.2) is 11.6 Å². The third-order valence-electron chi connectivity index (χ3n) is 5.70. The van der Waals surface area contributed by atoms with Crippen LogP contribution in [-0.2, 0) is 0 Å². The van der Waals surface area contributed by atoms with Gasteiger partial charge < -0.3 is 9.72 Å². The van der Waals surface area contributed by atoms with E-state index in [9.17, 15) is 20.2 Å². The summed E-state index contributed by atoms with van der Waals surface area (Å²) in [5.74, 6) is 0.217. The summed E-state index contributed by atoms with van der Waals surface area (Å²) in [6.45, 7) is 0. The molecule has 0 atom stereocenters. The molecular formula is C27H18N6O4. The lowest BCUT2D eigenvalue weighted by atomic mass is 10.0. The Morgan fingerprint density at radius 2 is 1.89 bits per heavy atom. The first-order chi connectivity index (χ1) is 18.0. The Kier molecular flexibility index (Phi) is 6.01. The molecule has 0 aliphatic heterocycles. The smallest absolute Gasteiger partial charge is 0.311 e. The minimum absolute atomic E-state index is 0.0970. The molecule has 0 amide bonds. The number of allylic oxidation sites excluding steroid dienone is 1. The van der Waals surface area contributed by atoms with E-state index in [0.717, 1.165) is 5.69 Å². The van der Waals surface area contributed by atoms with Crippen molar-refractivity contribution in [1.29, 1.82) is 5.26 Å². The zero-order valence-electron chi connectivity index (χ0n) is 19.5. The molecule has 1 N–H and O–H groups in total. The number of nitriles is 1. The van der Waals surface area contributed by atoms with Crippen molar-refractivity contribution in [3.8, 4) is 28.8 Å². The van der Waals surface area contributed by atoms with E-state index in [1.54, 1.807) is 47.3 Å². The van der Waals surface area contributed by atoms with Gasteiger partial charge in [0.2, 0.25) is 0 Å². The van der Waals surface area contributed by atoms with Gasteiger partial charge in [0.1, 0.15) is 11.8 Å². The van der Waals surface area contributed by atoms with Crippen molar-refractivity contribution >= 4 is 28.2 Å². The Balaban J connectivity index is 1.71. The molecule has 0 bridgehead atoms. The van der Waals surface area contributed by atoms with Crippen LogP contribution in [0.1, 0.15) is 11.4 Å². The van der Waals surface area contributed by atoms with Gasteiger partial charge in [-0.05, 0) is 42.5 Å². The number of aromatic amines is 1. The van der Waals surface area contributed by atoms with E-state index >= 15 is 0 Å². The van der Waals surface area contributed by atoms with E-state index in [2.05, 4.69) is 21.1 Å². The van der Waals surface area contributed by atoms with Crippen molar-refractivity contribution in [2.75, 3.05) is 7.11 Å². The minimum Gasteiger partial charge on any atom is -0.490 e. The van der Waals surface area contributed by atoms with Crippen LogP contribution in [0.15, 0.2) is 83.8 Å². The average Bonchev–Trinajstić information content (AvgIpc) is 3.35. The van der Waals surface area contributed by atoms with Gasteiger partial charge in [0.25, 0.3) is 5.56 Å². The molecule has 0 spiro atoms. The predicted molar refractivity (Wildman–Crippen MR) is 138 cm³/mol. The second-order valence-electron chi connectivity index (χ2n) is 7.96. The highest BCUT2D eigenvalue weighted by Crippen LogP contribution is 2.34. The Morgan fingerprint density at radius 3 is 2.62 bits per heavy atom. The molecule has 5 aromatic rings. The largest absolute Gasteiger partial charge is 0.490 e. The number of rotatable bonds is 6. The summed E-state index contributed by atoms with van der Waals surface area (Å²) in [7, 11) is 1.36. The summed E-state index contributed by atoms with van der Waals surface area (Å²) in [6.07, 6.45) is 3.25. The molecule has 0 unspecified atom stereocenters. The van der Waals surface area contributed by atoms with E-state index < -0.39 is 4.92 Å². The molecule has 0 radical (unpaired) electrons. The maximum atomic E-state index is 12.6. The molecule has 2 heterocycles. The van der Waals surface area contributed by atoms with E-state index in [1.165, 1.54) is 19.2 Å². The number of H-pyrrole nitrogens is 1. The van der Waals surface area contributed by atoms with E-state index in [0.29, 0.717) is 27.7 Å². The summed E-state index contributed by atoms with van der Waals surface area (Å²) in [4.78, 5) is 30.8. The van der Waals surface area contributed by atoms with Gasteiger partial charge in [-0.2, -0.15) is 10.4 Å². The predicted octanol–water partition coefficient (Wildman–Crippen LogP) is 4.76. The van der Waals surface area contributed by atoms with Crippen molar-refractivity contribution < 1.29 is 9.66 Å². The lowest BCUT2D eigenvalue weighted by molar-refractivity contribution is -0.385. The highest BCUT2D eigenvalue weighted by Gasteiger charge is 2.20. The Hall–Kier alpha value is -5.56. The quantitative estimate of drug-likeness (QED) is 0.206. The molecule has 37 heavy (non-hydrogen) atoms. The number of aromatic nitrogens is 4. The van der Waals surface area contributed by atoms with Gasteiger partial charge in [-0.1, -0.05) is 30.3 Å². The fraction of sp³-hybridized carbons (Fsp3) is 0.0370. The van der Waals surface area contributed by atoms with Crippen LogP contribution < -0.4 is 10.3 Å². The molecule has 3 aromatic carbocycles. The number of fused-ring (bicyclic) bond motifs is 1. The lowest BCUT2D eigenvalue weighted by Gasteiger charge is -2.05. The molecule has 0 aliphatic rings. The number of hydrogen-bond donors (Lipinski definition) is 1. The second-order valence-corrected chi connectivity index (χ2v) is 7.96. The van der Waals surface area contributed by atoms with Gasteiger partial charge >= 0.3 is 5.69 Å². The molecule has 0 fully saturated rings. The highest BCUT2D eigenvalue weighted by molar-refractivity contribution is 5.92. The molecule has 10 heteroatoms. The monoisotopic (exact) mass is 490 g/mol. The van der Waals surface area contributed by atoms with Gasteiger partial charge in [0, 0.05) is 23.4 Å². The highest BCUT2D eigenvalue weighted by atomic mass is 16.6. The number of nitrogens with zero attached hydrogens (tertiary/aromatic N) is 5. The van der Waals surface area contributed by atoms with Gasteiger partial charge in [-0.15, -0.1) is 0 Å². The average molecular weight is 490 g/mol. The van der Waals surface area contributed by atoms with Gasteiger partial charge in [-0.3, -0.25) is 14.9 Å². The van der Waals surface area contributed by atoms with E-state index in [-0.39, 0.29) is 28.4 Å². The number of benzene rings is 3. The summed E-state index contributed by atoms with van der Waals surface area (Å²) < 4.78 is 6.74. The maximum Gasteiger partial charge on any atom is 0.311 e. The number of nitrogens with one attached hydrogen (secondary N) is 1. The van der Waals surface area contributed by atoms with Crippen LogP contribution in [0.4, 0.5) is 5.69 Å². The molecular weight excluding hydrogens is 472 g/mol. The van der Waals surface area contributed by atoms with Gasteiger partial charge in [0.05, 0.1) is 34.2 Å². The standard InChI is InChI=1S/C27H18N6O4/c1-37-24-12-11-17(14-23(24)33(35)36)25-19(16-32(31-25)20-7-3-2-4-8-20)13-18(15-28)26-29-22-10-6-5-9-21(22)27(34)30-26/h2-14,16H,1H3,(H,29,30,34). The summed E-state index contributed by atoms with van der Waals surface area (Å²) in [6, 6.07) is 22.8. The first-order valence-electron chi connectivity index (χ1n) is 11.1. The van der Waals surface area contributed by atoms with Crippen molar-refractivity contribution in [3.05, 3.63) is 111 Å². The molecule has 180 valence electrons. The van der Waals surface area contributed by atoms with Crippen molar-refractivity contribution in [3.63, 3.8) is 0 Å². The van der Waals surface area contributed by atoms with E-state index in [1.807, 2.05) is 30.3 Å². The Labute approximate surface area is 209 Å². The van der Waals surface area contributed by atoms with Crippen LogP contribution in [0, 0.1) is 21.4 Å². The Morgan fingerprint density at radius 1 is 1.14 bits per heavy atom. The molecule has 0 saturated heterocycles. The molecule has 0 aliphatic carbocycles. The number of nitro benzene ring substituents is 1. The van der Waals surface area contributed by atoms with Crippen LogP contribution in [-0.4, -0.2) is 31.8 Å². The van der Waals surface area contributed by atoms with Crippen LogP contribution >= 0.6 is 0 Å². The summed E-state index contributed by atoms with van der Waals surface area (Å²) in [5.41, 5.74) is 2.06. The fourth-order valence-corrected chi connectivity index (χ4v) is 3.93. The SMILES string of the molecule is COc1ccc(-c2nn(-c3ccccc3)cc2C=C(C#N)c2nc3ccccc3c(=O)[nH]2)cc1[N+](=O)[O-]. The van der Waals surface area contributed by atoms with Gasteiger partial charge in [-0.25, -0.2) is 9.67 Å². The summed E-state index contributed by atoms with van der Waals surface area (Å²) in [5, 5.41) is 26.7. The second kappa shape index (κ2) is 9.59. The third kappa shape index (κ3) is 4.44. The normalized spacial score (nSPS) is 11.3. The Bertz CT molecular complexity index is 1780. The van der Waals surface area contributed by atoms with E-state index in [4.69, 9.17) is 4.74 Å². The molecule has 10 nitrogen and oxygen atoms in total. The van der Waals surface area contributed by atoms with Crippen LogP contribution in [0.2, 0.25) is 0 Å². The van der Waals surface area contributed by atoms with Crippen LogP contribution in [0.25, 0.3) is 39.5 Å². The zero-order valence-corrected chi connectivity index (χ0v) is 19.5. The number of methoxy groups -OCH3 is 1. The first kappa shape index (κ1) is 23.2. The first-order valence-corrected chi connectivity index (χ1v) is 11.1. The molecule has 5 rings (SSSR count). The number of para-hydroxylation sites is 2. The van der Waals surface area contributed by atoms with Crippen LogP contribution in [0.5, 0.6) is 5.75 Å². The lowest BCUT2D eigenvalue weighted by Crippen LogP contribution is -2.11. The number of ether oxygens (including phenoxy) is 1. The minimum atomic E-state index is -0.531. The summed E-state index contributed by atoms with van der Waals surface area (Å²) >= 11 is 0. The van der Waals surface area contributed by atoms with Crippen LogP contribution in [0.3, 0.4) is 0 Å². The number of hydrogen-bond acceptors (Lipinski definition) is 7. The zero-order chi connectivity index (χ0) is 25.9. The van der Waals surface area contributed by atoms with Crippen molar-refractivity contribution in [1.82, 2.24) is 19.7 Å². The molecule has 0 saturated carbocycles. The fourth-order valence-electron chi connectivity index (χ4n) is 3.93. The topological polar surface area (TPSA) is 140 Å².